The van der Waals surface area contributed by atoms with Crippen molar-refractivity contribution in [3.8, 4) is 0 Å². The van der Waals surface area contributed by atoms with E-state index >= 15 is 0 Å². The Balaban J connectivity index is 1.52. The molecule has 3 heteroatoms. The number of rotatable bonds is 4. The van der Waals surface area contributed by atoms with Crippen LogP contribution in [-0.2, 0) is 13.0 Å². The van der Waals surface area contributed by atoms with Crippen molar-refractivity contribution in [3.05, 3.63) is 82.9 Å². The van der Waals surface area contributed by atoms with Gasteiger partial charge in [0.25, 0.3) is 0 Å². The predicted molar refractivity (Wildman–Crippen MR) is 96.2 cm³/mol. The van der Waals surface area contributed by atoms with Crippen molar-refractivity contribution in [2.75, 3.05) is 0 Å². The highest BCUT2D eigenvalue weighted by Gasteiger charge is 2.33. The van der Waals surface area contributed by atoms with Gasteiger partial charge in [-0.2, -0.15) is 0 Å². The molecule has 1 fully saturated rings. The van der Waals surface area contributed by atoms with E-state index in [1.807, 2.05) is 0 Å². The molecular formula is C22H23F2N. The molecule has 0 spiro atoms. The fourth-order valence-electron chi connectivity index (χ4n) is 4.35. The van der Waals surface area contributed by atoms with E-state index in [9.17, 15) is 8.78 Å². The lowest BCUT2D eigenvalue weighted by molar-refractivity contribution is 0.0880. The van der Waals surface area contributed by atoms with Crippen molar-refractivity contribution in [2.24, 2.45) is 0 Å². The molecule has 2 unspecified atom stereocenters. The third-order valence-corrected chi connectivity index (χ3v) is 5.42. The van der Waals surface area contributed by atoms with Crippen molar-refractivity contribution in [1.82, 2.24) is 4.90 Å². The third kappa shape index (κ3) is 3.82. The SMILES string of the molecule is Fc1cc(F)cc(CC2=CC3CCCC(C2)N3Cc2ccccc2)c1. The number of hydrogen-bond acceptors (Lipinski definition) is 1. The van der Waals surface area contributed by atoms with Crippen LogP contribution in [0.15, 0.2) is 60.2 Å². The Labute approximate surface area is 148 Å². The molecule has 0 radical (unpaired) electrons. The molecule has 2 aromatic rings. The van der Waals surface area contributed by atoms with Gasteiger partial charge in [-0.1, -0.05) is 48.4 Å². The van der Waals surface area contributed by atoms with E-state index in [-0.39, 0.29) is 0 Å². The summed E-state index contributed by atoms with van der Waals surface area (Å²) in [4.78, 5) is 2.61. The Morgan fingerprint density at radius 2 is 1.68 bits per heavy atom. The minimum absolute atomic E-state index is 0.445. The van der Waals surface area contributed by atoms with Gasteiger partial charge >= 0.3 is 0 Å². The molecule has 0 aliphatic carbocycles. The van der Waals surface area contributed by atoms with Gasteiger partial charge < -0.3 is 0 Å². The zero-order valence-electron chi connectivity index (χ0n) is 14.3. The summed E-state index contributed by atoms with van der Waals surface area (Å²) in [6.45, 7) is 0.981. The molecule has 0 aromatic heterocycles. The third-order valence-electron chi connectivity index (χ3n) is 5.42. The smallest absolute Gasteiger partial charge is 0.126 e. The fourth-order valence-corrected chi connectivity index (χ4v) is 4.35. The first-order chi connectivity index (χ1) is 12.2. The first-order valence-electron chi connectivity index (χ1n) is 9.11. The van der Waals surface area contributed by atoms with Gasteiger partial charge in [0.2, 0.25) is 0 Å². The second-order valence-electron chi connectivity index (χ2n) is 7.29. The standard InChI is InChI=1S/C22H23F2N/c23-19-10-17(11-20(24)14-19)9-18-12-21-7-4-8-22(13-18)25(21)15-16-5-2-1-3-6-16/h1-3,5-6,10-12,14,21-22H,4,7-9,13,15H2. The van der Waals surface area contributed by atoms with Gasteiger partial charge in [0.1, 0.15) is 11.6 Å². The molecule has 2 aliphatic rings. The average Bonchev–Trinajstić information content (AvgIpc) is 2.55. The van der Waals surface area contributed by atoms with Gasteiger partial charge in [0, 0.05) is 24.7 Å². The molecule has 2 bridgehead atoms. The number of nitrogens with zero attached hydrogens (tertiary/aromatic N) is 1. The summed E-state index contributed by atoms with van der Waals surface area (Å²) in [7, 11) is 0. The molecule has 2 aliphatic heterocycles. The molecule has 0 saturated carbocycles. The number of hydrogen-bond donors (Lipinski definition) is 0. The first kappa shape index (κ1) is 16.5. The molecule has 130 valence electrons. The second kappa shape index (κ2) is 7.09. The lowest BCUT2D eigenvalue weighted by Crippen LogP contribution is -2.48. The van der Waals surface area contributed by atoms with Crippen molar-refractivity contribution < 1.29 is 8.78 Å². The maximum atomic E-state index is 13.4. The van der Waals surface area contributed by atoms with Gasteiger partial charge in [0.05, 0.1) is 0 Å². The molecule has 1 saturated heterocycles. The average molecular weight is 339 g/mol. The van der Waals surface area contributed by atoms with Gasteiger partial charge in [0.15, 0.2) is 0 Å². The first-order valence-corrected chi connectivity index (χ1v) is 9.11. The Morgan fingerprint density at radius 1 is 0.920 bits per heavy atom. The van der Waals surface area contributed by atoms with Crippen molar-refractivity contribution in [3.63, 3.8) is 0 Å². The van der Waals surface area contributed by atoms with Gasteiger partial charge in [-0.3, -0.25) is 4.90 Å². The molecule has 2 atom stereocenters. The van der Waals surface area contributed by atoms with Crippen LogP contribution in [0.2, 0.25) is 0 Å². The van der Waals surface area contributed by atoms with E-state index < -0.39 is 11.6 Å². The van der Waals surface area contributed by atoms with E-state index in [0.717, 1.165) is 24.6 Å². The normalized spacial score (nSPS) is 23.4. The number of fused-ring (bicyclic) bond motifs is 2. The highest BCUT2D eigenvalue weighted by Crippen LogP contribution is 2.35. The summed E-state index contributed by atoms with van der Waals surface area (Å²) in [5.74, 6) is -0.977. The monoisotopic (exact) mass is 339 g/mol. The number of halogens is 2. The summed E-state index contributed by atoms with van der Waals surface area (Å²) >= 11 is 0. The van der Waals surface area contributed by atoms with E-state index in [1.165, 1.54) is 42.5 Å². The van der Waals surface area contributed by atoms with Crippen molar-refractivity contribution in [1.29, 1.82) is 0 Å². The molecule has 25 heavy (non-hydrogen) atoms. The van der Waals surface area contributed by atoms with E-state index in [0.29, 0.717) is 18.5 Å². The number of piperidine rings is 1. The topological polar surface area (TPSA) is 3.24 Å². The zero-order chi connectivity index (χ0) is 17.2. The van der Waals surface area contributed by atoms with Crippen LogP contribution in [0.25, 0.3) is 0 Å². The Bertz CT molecular complexity index is 749. The minimum atomic E-state index is -0.489. The summed E-state index contributed by atoms with van der Waals surface area (Å²) in [5.41, 5.74) is 3.41. The molecule has 0 N–H and O–H groups in total. The molecule has 2 aromatic carbocycles. The van der Waals surface area contributed by atoms with E-state index in [4.69, 9.17) is 0 Å². The molecule has 1 nitrogen and oxygen atoms in total. The predicted octanol–water partition coefficient (Wildman–Crippen LogP) is 5.26. The van der Waals surface area contributed by atoms with Crippen LogP contribution in [0.3, 0.4) is 0 Å². The maximum Gasteiger partial charge on any atom is 0.126 e. The summed E-state index contributed by atoms with van der Waals surface area (Å²) in [6, 6.07) is 15.4. The van der Waals surface area contributed by atoms with Crippen molar-refractivity contribution in [2.45, 2.75) is 50.7 Å². The minimum Gasteiger partial charge on any atom is -0.289 e. The summed E-state index contributed by atoms with van der Waals surface area (Å²) < 4.78 is 26.9. The largest absolute Gasteiger partial charge is 0.289 e. The molecule has 4 rings (SSSR count). The lowest BCUT2D eigenvalue weighted by Gasteiger charge is -2.45. The molecular weight excluding hydrogens is 316 g/mol. The second-order valence-corrected chi connectivity index (χ2v) is 7.29. The van der Waals surface area contributed by atoms with Crippen LogP contribution >= 0.6 is 0 Å². The number of benzene rings is 2. The van der Waals surface area contributed by atoms with E-state index in [1.54, 1.807) is 0 Å². The highest BCUT2D eigenvalue weighted by molar-refractivity contribution is 5.27. The quantitative estimate of drug-likeness (QED) is 0.687. The maximum absolute atomic E-state index is 13.4. The van der Waals surface area contributed by atoms with Crippen LogP contribution in [-0.4, -0.2) is 17.0 Å². The van der Waals surface area contributed by atoms with Gasteiger partial charge in [-0.25, -0.2) is 8.78 Å². The van der Waals surface area contributed by atoms with Gasteiger partial charge in [-0.05, 0) is 48.9 Å². The lowest BCUT2D eigenvalue weighted by atomic mass is 9.83. The van der Waals surface area contributed by atoms with Crippen molar-refractivity contribution >= 4 is 0 Å². The Kier molecular flexibility index (Phi) is 4.67. The summed E-state index contributed by atoms with van der Waals surface area (Å²) in [5, 5.41) is 0. The summed E-state index contributed by atoms with van der Waals surface area (Å²) in [6.07, 6.45) is 7.64. The van der Waals surface area contributed by atoms with Crippen LogP contribution in [0.1, 0.15) is 36.8 Å². The highest BCUT2D eigenvalue weighted by atomic mass is 19.1. The zero-order valence-corrected chi connectivity index (χ0v) is 14.3. The van der Waals surface area contributed by atoms with E-state index in [2.05, 4.69) is 41.3 Å². The molecule has 0 amide bonds. The van der Waals surface area contributed by atoms with Crippen LogP contribution in [0.5, 0.6) is 0 Å². The van der Waals surface area contributed by atoms with Crippen LogP contribution in [0, 0.1) is 11.6 Å². The Hall–Kier alpha value is -2.00. The fraction of sp³-hybridized carbons (Fsp3) is 0.364. The Morgan fingerprint density at radius 3 is 2.40 bits per heavy atom. The van der Waals surface area contributed by atoms with Crippen LogP contribution < -0.4 is 0 Å². The van der Waals surface area contributed by atoms with Gasteiger partial charge in [-0.15, -0.1) is 0 Å². The van der Waals surface area contributed by atoms with Crippen LogP contribution in [0.4, 0.5) is 8.78 Å². The molecule has 2 heterocycles.